The lowest BCUT2D eigenvalue weighted by atomic mass is 10.1. The van der Waals surface area contributed by atoms with Crippen molar-refractivity contribution < 1.29 is 31.2 Å². The molecule has 0 aromatic heterocycles. The number of anilines is 2. The Morgan fingerprint density at radius 1 is 1.07 bits per heavy atom. The molecule has 0 aliphatic carbocycles. The quantitative estimate of drug-likeness (QED) is 0.729. The van der Waals surface area contributed by atoms with E-state index in [1.165, 1.54) is 18.2 Å². The number of sulfonamides is 1. The average Bonchev–Trinajstić information content (AvgIpc) is 2.89. The van der Waals surface area contributed by atoms with Gasteiger partial charge in [0.05, 0.1) is 32.6 Å². The number of alkyl halides is 3. The standard InChI is InChI=1S/C17H11Cl2F3N2O4S/c18-13-4-2-10(24-15(25)5-6-29(24,27)28)8-11(13)16(26)23-9-1-3-14(19)12(7-9)17(20,21)22/h1-4,7-8H,5-6H2,(H,23,26). The zero-order valence-electron chi connectivity index (χ0n) is 14.3. The molecule has 12 heteroatoms. The topological polar surface area (TPSA) is 83.6 Å². The molecule has 3 rings (SSSR count). The van der Waals surface area contributed by atoms with E-state index in [0.29, 0.717) is 10.4 Å². The summed E-state index contributed by atoms with van der Waals surface area (Å²) in [5.41, 5.74) is -1.64. The first kappa shape index (κ1) is 21.4. The molecular formula is C17H11Cl2F3N2O4S. The van der Waals surface area contributed by atoms with Gasteiger partial charge in [0.25, 0.3) is 5.91 Å². The van der Waals surface area contributed by atoms with Crippen LogP contribution in [-0.2, 0) is 21.0 Å². The van der Waals surface area contributed by atoms with E-state index in [-0.39, 0.29) is 34.1 Å². The molecule has 1 N–H and O–H groups in total. The fourth-order valence-corrected chi connectivity index (χ4v) is 4.58. The first-order valence-corrected chi connectivity index (χ1v) is 10.3. The Hall–Kier alpha value is -2.30. The molecule has 1 aliphatic rings. The van der Waals surface area contributed by atoms with Crippen LogP contribution in [0.4, 0.5) is 24.5 Å². The van der Waals surface area contributed by atoms with E-state index in [0.717, 1.165) is 12.1 Å². The van der Waals surface area contributed by atoms with Crippen molar-refractivity contribution in [2.24, 2.45) is 0 Å². The zero-order valence-corrected chi connectivity index (χ0v) is 16.6. The third-order valence-electron chi connectivity index (χ3n) is 4.04. The lowest BCUT2D eigenvalue weighted by Crippen LogP contribution is -2.29. The van der Waals surface area contributed by atoms with Crippen LogP contribution in [0.2, 0.25) is 10.0 Å². The number of nitrogens with one attached hydrogen (secondary N) is 1. The molecule has 0 radical (unpaired) electrons. The van der Waals surface area contributed by atoms with Gasteiger partial charge in [-0.05, 0) is 36.4 Å². The van der Waals surface area contributed by atoms with E-state index >= 15 is 0 Å². The maximum absolute atomic E-state index is 13.0. The van der Waals surface area contributed by atoms with Gasteiger partial charge in [0.1, 0.15) is 0 Å². The SMILES string of the molecule is O=C(Nc1ccc(Cl)c(C(F)(F)F)c1)c1cc(N2C(=O)CCS2(=O)=O)ccc1Cl. The third-order valence-corrected chi connectivity index (χ3v) is 6.39. The number of rotatable bonds is 3. The van der Waals surface area contributed by atoms with Gasteiger partial charge in [0, 0.05) is 12.1 Å². The normalized spacial score (nSPS) is 16.2. The van der Waals surface area contributed by atoms with E-state index in [4.69, 9.17) is 23.2 Å². The molecule has 1 aliphatic heterocycles. The van der Waals surface area contributed by atoms with Gasteiger partial charge in [-0.15, -0.1) is 0 Å². The lowest BCUT2D eigenvalue weighted by molar-refractivity contribution is -0.137. The largest absolute Gasteiger partial charge is 0.417 e. The van der Waals surface area contributed by atoms with Crippen molar-refractivity contribution >= 4 is 56.4 Å². The van der Waals surface area contributed by atoms with Crippen molar-refractivity contribution in [2.45, 2.75) is 12.6 Å². The van der Waals surface area contributed by atoms with Crippen LogP contribution in [0.5, 0.6) is 0 Å². The van der Waals surface area contributed by atoms with E-state index in [1.54, 1.807) is 0 Å². The summed E-state index contributed by atoms with van der Waals surface area (Å²) in [6, 6.07) is 6.36. The van der Waals surface area contributed by atoms with Crippen LogP contribution in [0.15, 0.2) is 36.4 Å². The Morgan fingerprint density at radius 2 is 1.72 bits per heavy atom. The summed E-state index contributed by atoms with van der Waals surface area (Å²) < 4.78 is 63.6. The van der Waals surface area contributed by atoms with Crippen molar-refractivity contribution in [1.29, 1.82) is 0 Å². The summed E-state index contributed by atoms with van der Waals surface area (Å²) in [5.74, 6) is -1.91. The molecule has 0 saturated carbocycles. The van der Waals surface area contributed by atoms with Gasteiger partial charge < -0.3 is 5.32 Å². The van der Waals surface area contributed by atoms with Gasteiger partial charge >= 0.3 is 6.18 Å². The number of hydrogen-bond acceptors (Lipinski definition) is 4. The highest BCUT2D eigenvalue weighted by Crippen LogP contribution is 2.36. The molecule has 0 bridgehead atoms. The molecule has 1 fully saturated rings. The van der Waals surface area contributed by atoms with Gasteiger partial charge in [-0.2, -0.15) is 13.2 Å². The fourth-order valence-electron chi connectivity index (χ4n) is 2.70. The van der Waals surface area contributed by atoms with E-state index in [1.807, 2.05) is 0 Å². The summed E-state index contributed by atoms with van der Waals surface area (Å²) in [4.78, 5) is 24.4. The van der Waals surface area contributed by atoms with Gasteiger partial charge in [0.2, 0.25) is 15.9 Å². The number of hydrogen-bond donors (Lipinski definition) is 1. The predicted molar refractivity (Wildman–Crippen MR) is 102 cm³/mol. The second kappa shape index (κ2) is 7.51. The summed E-state index contributed by atoms with van der Waals surface area (Å²) in [6.45, 7) is 0. The Balaban J connectivity index is 1.94. The molecule has 0 atom stereocenters. The lowest BCUT2D eigenvalue weighted by Gasteiger charge is -2.17. The number of halogens is 5. The van der Waals surface area contributed by atoms with Crippen LogP contribution < -0.4 is 9.62 Å². The van der Waals surface area contributed by atoms with Crippen molar-refractivity contribution in [3.05, 3.63) is 57.6 Å². The summed E-state index contributed by atoms with van der Waals surface area (Å²) in [7, 11) is -3.86. The minimum Gasteiger partial charge on any atom is -0.322 e. The first-order valence-electron chi connectivity index (χ1n) is 7.93. The predicted octanol–water partition coefficient (Wildman–Crippen LogP) is 4.33. The average molecular weight is 467 g/mol. The molecule has 2 aromatic rings. The van der Waals surface area contributed by atoms with Gasteiger partial charge in [-0.25, -0.2) is 12.7 Å². The van der Waals surface area contributed by atoms with E-state index < -0.39 is 38.6 Å². The Bertz CT molecular complexity index is 1120. The summed E-state index contributed by atoms with van der Waals surface area (Å²) in [5, 5.41) is 1.64. The second-order valence-corrected chi connectivity index (χ2v) is 8.79. The molecule has 1 saturated heterocycles. The molecule has 0 unspecified atom stereocenters. The maximum Gasteiger partial charge on any atom is 0.417 e. The van der Waals surface area contributed by atoms with Crippen molar-refractivity contribution in [3.8, 4) is 0 Å². The van der Waals surface area contributed by atoms with Crippen LogP contribution in [0, 0.1) is 0 Å². The highest BCUT2D eigenvalue weighted by Gasteiger charge is 2.37. The number of benzene rings is 2. The molecule has 2 aromatic carbocycles. The molecule has 1 heterocycles. The number of carbonyl (C=O) groups excluding carboxylic acids is 2. The van der Waals surface area contributed by atoms with Crippen LogP contribution >= 0.6 is 23.2 Å². The van der Waals surface area contributed by atoms with Gasteiger partial charge in [-0.3, -0.25) is 9.59 Å². The molecule has 29 heavy (non-hydrogen) atoms. The fraction of sp³-hybridized carbons (Fsp3) is 0.176. The van der Waals surface area contributed by atoms with Crippen LogP contribution in [0.25, 0.3) is 0 Å². The van der Waals surface area contributed by atoms with E-state index in [2.05, 4.69) is 5.32 Å². The number of amides is 2. The smallest absolute Gasteiger partial charge is 0.322 e. The van der Waals surface area contributed by atoms with Crippen LogP contribution in [-0.4, -0.2) is 26.0 Å². The summed E-state index contributed by atoms with van der Waals surface area (Å²) >= 11 is 11.5. The van der Waals surface area contributed by atoms with E-state index in [9.17, 15) is 31.2 Å². The van der Waals surface area contributed by atoms with Gasteiger partial charge in [-0.1, -0.05) is 23.2 Å². The van der Waals surface area contributed by atoms with Crippen LogP contribution in [0.1, 0.15) is 22.3 Å². The zero-order chi connectivity index (χ0) is 21.6. The molecule has 0 spiro atoms. The van der Waals surface area contributed by atoms with Crippen molar-refractivity contribution in [1.82, 2.24) is 0 Å². The third kappa shape index (κ3) is 4.34. The Morgan fingerprint density at radius 3 is 2.31 bits per heavy atom. The maximum atomic E-state index is 13.0. The highest BCUT2D eigenvalue weighted by atomic mass is 35.5. The van der Waals surface area contributed by atoms with Crippen molar-refractivity contribution in [2.75, 3.05) is 15.4 Å². The highest BCUT2D eigenvalue weighted by molar-refractivity contribution is 7.94. The van der Waals surface area contributed by atoms with Crippen molar-refractivity contribution in [3.63, 3.8) is 0 Å². The second-order valence-electron chi connectivity index (χ2n) is 6.03. The molecular weight excluding hydrogens is 456 g/mol. The Labute approximate surface area is 173 Å². The minimum absolute atomic E-state index is 0.0831. The number of nitrogens with zero attached hydrogens (tertiary/aromatic N) is 1. The van der Waals surface area contributed by atoms with Gasteiger partial charge in [0.15, 0.2) is 0 Å². The number of carbonyl (C=O) groups is 2. The molecule has 2 amide bonds. The van der Waals surface area contributed by atoms with Crippen LogP contribution in [0.3, 0.4) is 0 Å². The molecule has 154 valence electrons. The summed E-state index contributed by atoms with van der Waals surface area (Å²) in [6.07, 6.45) is -4.92. The molecule has 6 nitrogen and oxygen atoms in total. The minimum atomic E-state index is -4.72. The monoisotopic (exact) mass is 466 g/mol. The Kier molecular flexibility index (Phi) is 5.54. The first-order chi connectivity index (χ1) is 13.4.